The van der Waals surface area contributed by atoms with Crippen molar-refractivity contribution in [2.75, 3.05) is 0 Å². The fourth-order valence-electron chi connectivity index (χ4n) is 1.80. The molecule has 0 spiro atoms. The van der Waals surface area contributed by atoms with Crippen molar-refractivity contribution in [3.05, 3.63) is 57.6 Å². The highest BCUT2D eigenvalue weighted by Gasteiger charge is 2.16. The molecule has 0 atom stereocenters. The van der Waals surface area contributed by atoms with E-state index in [-0.39, 0.29) is 26.7 Å². The summed E-state index contributed by atoms with van der Waals surface area (Å²) in [4.78, 5) is 10.6. The van der Waals surface area contributed by atoms with Crippen LogP contribution in [0.2, 0.25) is 10.0 Å². The lowest BCUT2D eigenvalue weighted by atomic mass is 10.0. The molecule has 0 aliphatic heterocycles. The smallest absolute Gasteiger partial charge is 0.307 e. The topological polar surface area (TPSA) is 37.3 Å². The van der Waals surface area contributed by atoms with E-state index in [0.717, 1.165) is 12.1 Å². The quantitative estimate of drug-likeness (QED) is 0.900. The Morgan fingerprint density at radius 3 is 2.45 bits per heavy atom. The first kappa shape index (κ1) is 14.8. The largest absolute Gasteiger partial charge is 0.481 e. The second kappa shape index (κ2) is 5.77. The third-order valence-electron chi connectivity index (χ3n) is 2.72. The van der Waals surface area contributed by atoms with E-state index in [1.807, 2.05) is 0 Å². The standard InChI is InChI=1S/C14H8Cl2F2O2/c15-10-3-1-2-8(14(10)16)9-6-11(17)7(4-12(9)18)5-13(19)20/h1-4,6H,5H2,(H,19,20). The molecule has 20 heavy (non-hydrogen) atoms. The van der Waals surface area contributed by atoms with Gasteiger partial charge >= 0.3 is 5.97 Å². The first-order valence-electron chi connectivity index (χ1n) is 5.54. The van der Waals surface area contributed by atoms with Crippen molar-refractivity contribution in [2.45, 2.75) is 6.42 Å². The second-order valence-electron chi connectivity index (χ2n) is 4.10. The number of carbonyl (C=O) groups is 1. The van der Waals surface area contributed by atoms with Gasteiger partial charge in [-0.15, -0.1) is 0 Å². The van der Waals surface area contributed by atoms with Gasteiger partial charge in [-0.1, -0.05) is 35.3 Å². The van der Waals surface area contributed by atoms with Gasteiger partial charge in [-0.3, -0.25) is 4.79 Å². The van der Waals surface area contributed by atoms with Crippen molar-refractivity contribution in [3.8, 4) is 11.1 Å². The highest BCUT2D eigenvalue weighted by molar-refractivity contribution is 6.43. The molecule has 2 aromatic rings. The maximum atomic E-state index is 14.0. The SMILES string of the molecule is O=C(O)Cc1cc(F)c(-c2cccc(Cl)c2Cl)cc1F. The Labute approximate surface area is 123 Å². The molecule has 0 amide bonds. The molecule has 0 bridgehead atoms. The van der Waals surface area contributed by atoms with Crippen LogP contribution in [0.4, 0.5) is 8.78 Å². The van der Waals surface area contributed by atoms with Gasteiger partial charge < -0.3 is 5.11 Å². The van der Waals surface area contributed by atoms with Crippen LogP contribution in [-0.4, -0.2) is 11.1 Å². The zero-order valence-corrected chi connectivity index (χ0v) is 11.5. The Hall–Kier alpha value is -1.65. The highest BCUT2D eigenvalue weighted by atomic mass is 35.5. The van der Waals surface area contributed by atoms with Gasteiger partial charge in [0, 0.05) is 16.7 Å². The van der Waals surface area contributed by atoms with Crippen LogP contribution in [0.5, 0.6) is 0 Å². The number of aliphatic carboxylic acids is 1. The molecule has 1 N–H and O–H groups in total. The average Bonchev–Trinajstić information content (AvgIpc) is 2.36. The highest BCUT2D eigenvalue weighted by Crippen LogP contribution is 2.35. The first-order valence-corrected chi connectivity index (χ1v) is 6.30. The number of hydrogen-bond acceptors (Lipinski definition) is 1. The van der Waals surface area contributed by atoms with Crippen LogP contribution < -0.4 is 0 Å². The summed E-state index contributed by atoms with van der Waals surface area (Å²) in [6.45, 7) is 0. The zero-order valence-electron chi connectivity index (χ0n) is 9.96. The number of carboxylic acid groups (broad SMARTS) is 1. The number of halogens is 4. The van der Waals surface area contributed by atoms with Crippen molar-refractivity contribution in [1.82, 2.24) is 0 Å². The van der Waals surface area contributed by atoms with Gasteiger partial charge in [0.15, 0.2) is 0 Å². The van der Waals surface area contributed by atoms with Crippen molar-refractivity contribution < 1.29 is 18.7 Å². The van der Waals surface area contributed by atoms with E-state index >= 15 is 0 Å². The number of hydrogen-bond donors (Lipinski definition) is 1. The van der Waals surface area contributed by atoms with Crippen LogP contribution in [0.1, 0.15) is 5.56 Å². The van der Waals surface area contributed by atoms with E-state index in [9.17, 15) is 13.6 Å². The van der Waals surface area contributed by atoms with Crippen LogP contribution in [0.15, 0.2) is 30.3 Å². The molecule has 0 saturated carbocycles. The Morgan fingerprint density at radius 1 is 1.10 bits per heavy atom. The minimum atomic E-state index is -1.24. The van der Waals surface area contributed by atoms with Crippen LogP contribution in [0.25, 0.3) is 11.1 Å². The normalized spacial score (nSPS) is 10.6. The van der Waals surface area contributed by atoms with E-state index in [4.69, 9.17) is 28.3 Å². The summed E-state index contributed by atoms with van der Waals surface area (Å²) in [6.07, 6.45) is -0.591. The number of carboxylic acids is 1. The van der Waals surface area contributed by atoms with E-state index < -0.39 is 24.0 Å². The summed E-state index contributed by atoms with van der Waals surface area (Å²) >= 11 is 11.8. The summed E-state index contributed by atoms with van der Waals surface area (Å²) in [7, 11) is 0. The first-order chi connectivity index (χ1) is 9.40. The average molecular weight is 317 g/mol. The molecule has 0 radical (unpaired) electrons. The maximum Gasteiger partial charge on any atom is 0.307 e. The number of rotatable bonds is 3. The summed E-state index contributed by atoms with van der Waals surface area (Å²) in [6, 6.07) is 6.37. The lowest BCUT2D eigenvalue weighted by molar-refractivity contribution is -0.136. The lowest BCUT2D eigenvalue weighted by Gasteiger charge is -2.09. The third kappa shape index (κ3) is 2.92. The lowest BCUT2D eigenvalue weighted by Crippen LogP contribution is -2.04. The maximum absolute atomic E-state index is 14.0. The summed E-state index contributed by atoms with van der Waals surface area (Å²) < 4.78 is 27.8. The fraction of sp³-hybridized carbons (Fsp3) is 0.0714. The minimum Gasteiger partial charge on any atom is -0.481 e. The molecule has 104 valence electrons. The van der Waals surface area contributed by atoms with Crippen molar-refractivity contribution in [3.63, 3.8) is 0 Å². The molecule has 2 aromatic carbocycles. The molecule has 2 nitrogen and oxygen atoms in total. The van der Waals surface area contributed by atoms with Crippen molar-refractivity contribution in [2.24, 2.45) is 0 Å². The third-order valence-corrected chi connectivity index (χ3v) is 3.54. The van der Waals surface area contributed by atoms with E-state index in [2.05, 4.69) is 0 Å². The van der Waals surface area contributed by atoms with Crippen LogP contribution in [-0.2, 0) is 11.2 Å². The van der Waals surface area contributed by atoms with Crippen LogP contribution in [0, 0.1) is 11.6 Å². The zero-order chi connectivity index (χ0) is 14.9. The molecule has 0 aromatic heterocycles. The Balaban J connectivity index is 2.56. The van der Waals surface area contributed by atoms with Crippen LogP contribution in [0.3, 0.4) is 0 Å². The molecular formula is C14H8Cl2F2O2. The summed E-state index contributed by atoms with van der Waals surface area (Å²) in [5.74, 6) is -2.80. The predicted octanol–water partition coefficient (Wildman–Crippen LogP) is 4.57. The molecular weight excluding hydrogens is 309 g/mol. The molecule has 0 fully saturated rings. The van der Waals surface area contributed by atoms with Gasteiger partial charge in [-0.05, 0) is 18.2 Å². The van der Waals surface area contributed by atoms with Gasteiger partial charge in [-0.25, -0.2) is 8.78 Å². The number of benzene rings is 2. The molecule has 0 aliphatic rings. The molecule has 0 heterocycles. The van der Waals surface area contributed by atoms with E-state index in [1.165, 1.54) is 12.1 Å². The Bertz CT molecular complexity index is 687. The monoisotopic (exact) mass is 316 g/mol. The van der Waals surface area contributed by atoms with Gasteiger partial charge in [0.1, 0.15) is 11.6 Å². The minimum absolute atomic E-state index is 0.0656. The Kier molecular flexibility index (Phi) is 4.26. The van der Waals surface area contributed by atoms with Gasteiger partial charge in [0.05, 0.1) is 16.5 Å². The molecule has 0 aliphatic carbocycles. The predicted molar refractivity (Wildman–Crippen MR) is 73.2 cm³/mol. The van der Waals surface area contributed by atoms with Gasteiger partial charge in [-0.2, -0.15) is 0 Å². The molecule has 6 heteroatoms. The summed E-state index contributed by atoms with van der Waals surface area (Å²) in [5, 5.41) is 8.95. The van der Waals surface area contributed by atoms with Crippen molar-refractivity contribution in [1.29, 1.82) is 0 Å². The fourth-order valence-corrected chi connectivity index (χ4v) is 2.21. The van der Waals surface area contributed by atoms with Crippen molar-refractivity contribution >= 4 is 29.2 Å². The second-order valence-corrected chi connectivity index (χ2v) is 4.88. The van der Waals surface area contributed by atoms with Crippen LogP contribution >= 0.6 is 23.2 Å². The van der Waals surface area contributed by atoms with Gasteiger partial charge in [0.25, 0.3) is 0 Å². The summed E-state index contributed by atoms with van der Waals surface area (Å²) in [5.41, 5.74) is -0.0431. The van der Waals surface area contributed by atoms with E-state index in [1.54, 1.807) is 6.07 Å². The Morgan fingerprint density at radius 2 is 1.80 bits per heavy atom. The molecule has 0 unspecified atom stereocenters. The van der Waals surface area contributed by atoms with E-state index in [0.29, 0.717) is 0 Å². The van der Waals surface area contributed by atoms with Gasteiger partial charge in [0.2, 0.25) is 0 Å². The molecule has 0 saturated heterocycles. The molecule has 2 rings (SSSR count).